The number of aromatic nitrogens is 1. The van der Waals surface area contributed by atoms with Crippen molar-refractivity contribution in [2.75, 3.05) is 4.90 Å². The Kier molecular flexibility index (Phi) is 7.85. The van der Waals surface area contributed by atoms with Gasteiger partial charge in [0, 0.05) is 33.4 Å². The number of para-hydroxylation sites is 3. The molecule has 10 rings (SSSR count). The molecule has 0 unspecified atom stereocenters. The maximum Gasteiger partial charge on any atom is 0.0546 e. The molecule has 0 N–H and O–H groups in total. The van der Waals surface area contributed by atoms with Crippen LogP contribution in [0.5, 0.6) is 0 Å². The smallest absolute Gasteiger partial charge is 0.0546 e. The zero-order chi connectivity index (χ0) is 35.8. The van der Waals surface area contributed by atoms with Crippen molar-refractivity contribution in [2.45, 2.75) is 0 Å². The van der Waals surface area contributed by atoms with Crippen LogP contribution in [-0.2, 0) is 0 Å². The number of fused-ring (bicyclic) bond motifs is 4. The van der Waals surface area contributed by atoms with E-state index in [9.17, 15) is 0 Å². The fraction of sp³-hybridized carbons (Fsp3) is 0. The Balaban J connectivity index is 1.14. The number of hydrogen-bond donors (Lipinski definition) is 0. The van der Waals surface area contributed by atoms with Gasteiger partial charge in [0.25, 0.3) is 0 Å². The lowest BCUT2D eigenvalue weighted by Gasteiger charge is -2.26. The molecule has 0 amide bonds. The highest BCUT2D eigenvalue weighted by atomic mass is 15.1. The van der Waals surface area contributed by atoms with Crippen molar-refractivity contribution in [3.63, 3.8) is 0 Å². The topological polar surface area (TPSA) is 8.17 Å². The first kappa shape index (κ1) is 31.6. The zero-order valence-corrected chi connectivity index (χ0v) is 29.7. The molecule has 0 bridgehead atoms. The van der Waals surface area contributed by atoms with Gasteiger partial charge < -0.3 is 9.47 Å². The van der Waals surface area contributed by atoms with Gasteiger partial charge in [-0.25, -0.2) is 0 Å². The van der Waals surface area contributed by atoms with E-state index in [1.165, 1.54) is 60.4 Å². The molecule has 0 aliphatic carbocycles. The molecule has 1 heterocycles. The normalized spacial score (nSPS) is 11.3. The summed E-state index contributed by atoms with van der Waals surface area (Å²) < 4.78 is 2.45. The van der Waals surface area contributed by atoms with E-state index in [2.05, 4.69) is 228 Å². The summed E-state index contributed by atoms with van der Waals surface area (Å²) in [4.78, 5) is 2.33. The van der Waals surface area contributed by atoms with Crippen LogP contribution < -0.4 is 4.90 Å². The van der Waals surface area contributed by atoms with Crippen molar-refractivity contribution < 1.29 is 0 Å². The van der Waals surface area contributed by atoms with E-state index in [0.717, 1.165) is 28.3 Å². The number of rotatable bonds is 7. The summed E-state index contributed by atoms with van der Waals surface area (Å²) in [6.45, 7) is 0. The van der Waals surface area contributed by atoms with Crippen molar-refractivity contribution in [1.82, 2.24) is 4.57 Å². The minimum absolute atomic E-state index is 1.10. The van der Waals surface area contributed by atoms with E-state index >= 15 is 0 Å². The Morgan fingerprint density at radius 2 is 0.815 bits per heavy atom. The summed E-state index contributed by atoms with van der Waals surface area (Å²) in [6.07, 6.45) is 0. The Bertz CT molecular complexity index is 2850. The SMILES string of the molecule is c1ccc(-c2ccc(N(c3ccccc3)c3ccc(-c4cccc(-n5c6ccccc6c6ccccc65)c4-c4ccc5ccccc5c4)cc3)cc2)cc1. The molecule has 1 aromatic heterocycles. The molecular weight excluding hydrogens is 653 g/mol. The molecule has 0 radical (unpaired) electrons. The lowest BCUT2D eigenvalue weighted by atomic mass is 9.91. The van der Waals surface area contributed by atoms with Gasteiger partial charge in [0.1, 0.15) is 0 Å². The second-order valence-electron chi connectivity index (χ2n) is 13.8. The van der Waals surface area contributed by atoms with Crippen molar-refractivity contribution >= 4 is 49.6 Å². The second-order valence-corrected chi connectivity index (χ2v) is 13.8. The van der Waals surface area contributed by atoms with Gasteiger partial charge in [0.15, 0.2) is 0 Å². The first-order valence-corrected chi connectivity index (χ1v) is 18.5. The van der Waals surface area contributed by atoms with Crippen LogP contribution in [0.2, 0.25) is 0 Å². The first-order chi connectivity index (χ1) is 26.8. The van der Waals surface area contributed by atoms with Gasteiger partial charge >= 0.3 is 0 Å². The molecule has 0 aliphatic heterocycles. The average Bonchev–Trinajstić information content (AvgIpc) is 3.59. The summed E-state index contributed by atoms with van der Waals surface area (Å²) in [5.41, 5.74) is 14.0. The maximum absolute atomic E-state index is 2.45. The third-order valence-electron chi connectivity index (χ3n) is 10.6. The molecule has 0 saturated heterocycles. The van der Waals surface area contributed by atoms with Gasteiger partial charge in [0.05, 0.1) is 16.7 Å². The molecule has 0 fully saturated rings. The van der Waals surface area contributed by atoms with Crippen LogP contribution in [-0.4, -0.2) is 4.57 Å². The van der Waals surface area contributed by atoms with Crippen LogP contribution in [0.4, 0.5) is 17.1 Å². The van der Waals surface area contributed by atoms with Crippen molar-refractivity contribution in [1.29, 1.82) is 0 Å². The lowest BCUT2D eigenvalue weighted by molar-refractivity contribution is 1.18. The van der Waals surface area contributed by atoms with Crippen LogP contribution in [0.25, 0.3) is 71.6 Å². The summed E-state index contributed by atoms with van der Waals surface area (Å²) in [5, 5.41) is 4.97. The van der Waals surface area contributed by atoms with Crippen molar-refractivity contribution in [2.24, 2.45) is 0 Å². The van der Waals surface area contributed by atoms with Gasteiger partial charge in [-0.2, -0.15) is 0 Å². The second kappa shape index (κ2) is 13.4. The van der Waals surface area contributed by atoms with E-state index in [-0.39, 0.29) is 0 Å². The fourth-order valence-corrected chi connectivity index (χ4v) is 8.05. The molecule has 9 aromatic carbocycles. The largest absolute Gasteiger partial charge is 0.311 e. The molecule has 2 nitrogen and oxygen atoms in total. The quantitative estimate of drug-likeness (QED) is 0.162. The average molecular weight is 689 g/mol. The highest BCUT2D eigenvalue weighted by Crippen LogP contribution is 2.43. The van der Waals surface area contributed by atoms with Crippen LogP contribution in [0.3, 0.4) is 0 Å². The Labute approximate surface area is 315 Å². The summed E-state index contributed by atoms with van der Waals surface area (Å²) in [5.74, 6) is 0. The molecule has 0 atom stereocenters. The van der Waals surface area contributed by atoms with Crippen LogP contribution in [0, 0.1) is 0 Å². The molecule has 2 heteroatoms. The van der Waals surface area contributed by atoms with Gasteiger partial charge in [-0.15, -0.1) is 0 Å². The third-order valence-corrected chi connectivity index (χ3v) is 10.6. The van der Waals surface area contributed by atoms with Crippen LogP contribution in [0.15, 0.2) is 218 Å². The van der Waals surface area contributed by atoms with E-state index in [1.54, 1.807) is 0 Å². The molecule has 0 spiro atoms. The number of anilines is 3. The summed E-state index contributed by atoms with van der Waals surface area (Å²) >= 11 is 0. The predicted molar refractivity (Wildman–Crippen MR) is 229 cm³/mol. The molecule has 0 saturated carbocycles. The number of benzene rings is 9. The molecule has 254 valence electrons. The molecule has 0 aliphatic rings. The standard InChI is InChI=1S/C52H36N2/c1-3-14-37(15-4-1)39-28-32-44(33-29-39)53(43-18-5-2-6-19-43)45-34-30-40(31-35-45)46-22-13-25-51(52(46)42-27-26-38-16-7-8-17-41(38)36-42)54-49-23-11-9-20-47(49)48-21-10-12-24-50(48)54/h1-36H. The van der Waals surface area contributed by atoms with E-state index in [0.29, 0.717) is 0 Å². The predicted octanol–water partition coefficient (Wildman–Crippen LogP) is 14.4. The van der Waals surface area contributed by atoms with Gasteiger partial charge in [-0.1, -0.05) is 158 Å². The van der Waals surface area contributed by atoms with Crippen molar-refractivity contribution in [3.05, 3.63) is 218 Å². The van der Waals surface area contributed by atoms with Gasteiger partial charge in [-0.3, -0.25) is 0 Å². The number of nitrogens with zero attached hydrogens (tertiary/aromatic N) is 2. The monoisotopic (exact) mass is 688 g/mol. The van der Waals surface area contributed by atoms with Crippen LogP contribution in [0.1, 0.15) is 0 Å². The van der Waals surface area contributed by atoms with E-state index in [1.807, 2.05) is 0 Å². The fourth-order valence-electron chi connectivity index (χ4n) is 8.05. The minimum atomic E-state index is 1.10. The highest BCUT2D eigenvalue weighted by molar-refractivity contribution is 6.10. The summed E-state index contributed by atoms with van der Waals surface area (Å²) in [7, 11) is 0. The van der Waals surface area contributed by atoms with E-state index < -0.39 is 0 Å². The van der Waals surface area contributed by atoms with Crippen LogP contribution >= 0.6 is 0 Å². The minimum Gasteiger partial charge on any atom is -0.311 e. The Morgan fingerprint density at radius 3 is 1.48 bits per heavy atom. The van der Waals surface area contributed by atoms with Gasteiger partial charge in [0.2, 0.25) is 0 Å². The van der Waals surface area contributed by atoms with Gasteiger partial charge in [-0.05, 0) is 99.3 Å². The summed E-state index contributed by atoms with van der Waals surface area (Å²) in [6, 6.07) is 78.9. The van der Waals surface area contributed by atoms with E-state index in [4.69, 9.17) is 0 Å². The zero-order valence-electron chi connectivity index (χ0n) is 29.7. The molecule has 10 aromatic rings. The molecular formula is C52H36N2. The Hall–Kier alpha value is -7.16. The first-order valence-electron chi connectivity index (χ1n) is 18.5. The Morgan fingerprint density at radius 1 is 0.315 bits per heavy atom. The van der Waals surface area contributed by atoms with Crippen molar-refractivity contribution in [3.8, 4) is 39.1 Å². The highest BCUT2D eigenvalue weighted by Gasteiger charge is 2.20. The number of hydrogen-bond acceptors (Lipinski definition) is 1. The molecule has 54 heavy (non-hydrogen) atoms. The lowest BCUT2D eigenvalue weighted by Crippen LogP contribution is -2.09. The maximum atomic E-state index is 2.45. The third kappa shape index (κ3) is 5.53.